The third-order valence-corrected chi connectivity index (χ3v) is 12.9. The number of ether oxygens (including phenoxy) is 2. The number of aliphatic hydroxyl groups is 1. The molecule has 18 heteroatoms. The van der Waals surface area contributed by atoms with Crippen LogP contribution in [-0.2, 0) is 35.2 Å². The summed E-state index contributed by atoms with van der Waals surface area (Å²) in [6.07, 6.45) is 13.3. The number of nitrogens with zero attached hydrogens (tertiary/aromatic N) is 2. The molecule has 3 atom stereocenters. The van der Waals surface area contributed by atoms with E-state index in [1.807, 2.05) is 55.7 Å². The van der Waals surface area contributed by atoms with Gasteiger partial charge in [0.2, 0.25) is 17.7 Å². The van der Waals surface area contributed by atoms with Crippen LogP contribution in [0, 0.1) is 17.0 Å². The van der Waals surface area contributed by atoms with E-state index < -0.39 is 91.6 Å². The van der Waals surface area contributed by atoms with Gasteiger partial charge in [0, 0.05) is 67.1 Å². The Labute approximate surface area is 380 Å². The molecule has 0 aliphatic rings. The number of benzene rings is 2. The van der Waals surface area contributed by atoms with Gasteiger partial charge in [0.15, 0.2) is 0 Å². The summed E-state index contributed by atoms with van der Waals surface area (Å²) in [6, 6.07) is 11.5. The van der Waals surface area contributed by atoms with Gasteiger partial charge in [0.25, 0.3) is 0 Å². The molecular weight excluding hydrogens is 867 g/mol. The zero-order valence-corrected chi connectivity index (χ0v) is 40.5. The summed E-state index contributed by atoms with van der Waals surface area (Å²) in [5.74, 6) is -2.07. The maximum absolute atomic E-state index is 15.1. The fraction of sp³-hybridized carbons (Fsp3) is 0.543. The molecule has 0 saturated carbocycles. The lowest BCUT2D eigenvalue weighted by Crippen LogP contribution is -2.48. The molecule has 0 saturated heterocycles. The molecule has 1 aromatic heterocycles. The summed E-state index contributed by atoms with van der Waals surface area (Å²) in [4.78, 5) is 66.4. The number of aromatic nitrogens is 1. The van der Waals surface area contributed by atoms with E-state index >= 15 is 4.39 Å². The number of carbonyl (C=O) groups is 5. The van der Waals surface area contributed by atoms with Gasteiger partial charge in [0.05, 0.1) is 18.7 Å². The molecular formula is C46H70F2N6O8S2. The fourth-order valence-corrected chi connectivity index (χ4v) is 7.87. The van der Waals surface area contributed by atoms with Crippen LogP contribution in [0.5, 0.6) is 0 Å². The van der Waals surface area contributed by atoms with E-state index in [4.69, 9.17) is 15.2 Å². The van der Waals surface area contributed by atoms with Gasteiger partial charge >= 0.3 is 12.1 Å². The maximum Gasteiger partial charge on any atom is 0.407 e. The van der Waals surface area contributed by atoms with Crippen molar-refractivity contribution in [3.8, 4) is 11.1 Å². The van der Waals surface area contributed by atoms with Gasteiger partial charge in [0.1, 0.15) is 30.9 Å². The lowest BCUT2D eigenvalue weighted by molar-refractivity contribution is -0.145. The Bertz CT molecular complexity index is 2020. The highest BCUT2D eigenvalue weighted by atomic mass is 32.3. The number of hydrogen-bond donors (Lipinski definition) is 5. The smallest absolute Gasteiger partial charge is 0.407 e. The summed E-state index contributed by atoms with van der Waals surface area (Å²) in [6.45, 7) is 5.68. The Hall–Kier alpha value is -4.65. The van der Waals surface area contributed by atoms with E-state index in [0.29, 0.717) is 29.3 Å². The first-order chi connectivity index (χ1) is 29.9. The largest absolute Gasteiger partial charge is 0.463 e. The number of rotatable bonds is 24. The van der Waals surface area contributed by atoms with Crippen LogP contribution in [0.4, 0.5) is 13.6 Å². The van der Waals surface area contributed by atoms with Crippen molar-refractivity contribution in [2.24, 2.45) is 11.1 Å². The van der Waals surface area contributed by atoms with E-state index in [1.165, 1.54) is 4.90 Å². The van der Waals surface area contributed by atoms with Crippen molar-refractivity contribution in [2.45, 2.75) is 64.7 Å². The molecule has 1 heterocycles. The Morgan fingerprint density at radius 1 is 0.859 bits per heavy atom. The van der Waals surface area contributed by atoms with E-state index in [9.17, 15) is 33.5 Å². The first-order valence-corrected chi connectivity index (χ1v) is 27.3. The van der Waals surface area contributed by atoms with Crippen LogP contribution in [0.15, 0.2) is 60.8 Å². The highest BCUT2D eigenvalue weighted by Crippen LogP contribution is 2.41. The Balaban J connectivity index is 1.65. The molecule has 0 spiro atoms. The van der Waals surface area contributed by atoms with Crippen LogP contribution >= 0.6 is 20.1 Å². The maximum atomic E-state index is 15.1. The number of esters is 1. The first kappa shape index (κ1) is 53.7. The van der Waals surface area contributed by atoms with E-state index in [2.05, 4.69) is 53.5 Å². The third kappa shape index (κ3) is 18.4. The fourth-order valence-electron chi connectivity index (χ4n) is 6.70. The van der Waals surface area contributed by atoms with E-state index in [-0.39, 0.29) is 57.7 Å². The normalized spacial score (nSPS) is 13.8. The quantitative estimate of drug-likeness (QED) is 0.0597. The van der Waals surface area contributed by atoms with E-state index in [1.54, 1.807) is 12.3 Å². The first-order valence-electron chi connectivity index (χ1n) is 21.2. The molecule has 6 N–H and O–H groups in total. The zero-order valence-electron chi connectivity index (χ0n) is 38.8. The molecule has 358 valence electrons. The van der Waals surface area contributed by atoms with Crippen LogP contribution in [0.3, 0.4) is 0 Å². The Morgan fingerprint density at radius 2 is 1.48 bits per heavy atom. The number of amides is 4. The topological polar surface area (TPSA) is 194 Å². The molecule has 3 aromatic rings. The van der Waals surface area contributed by atoms with Crippen molar-refractivity contribution in [2.75, 3.05) is 88.5 Å². The van der Waals surface area contributed by atoms with Gasteiger partial charge in [-0.15, -0.1) is 0 Å². The standard InChI is InChI=1S/C46H70F2N6O8S2/c1-46(2,3)42(39-27-33(35-28-34(47)15-16-36(35)48)30-53(39)29-32-13-11-10-12-14-32)54(41(57)31-55)22-19-37(49)43(58)51-21-20-50-40(56)18-17-38(44(59)61-23-25-63(4,5)6)52-45(60)62-24-26-64(7,8)9/h10-16,27-28,30,37-38,42,55H,17-26,29,31,49H2,1-9H3,(H,50,56)(H,51,58)(H,52,60)/t37-,38-,42-/m0/s1. The average Bonchev–Trinajstić information content (AvgIpc) is 3.60. The minimum Gasteiger partial charge on any atom is -0.463 e. The van der Waals surface area contributed by atoms with Crippen molar-refractivity contribution in [3.05, 3.63) is 83.7 Å². The van der Waals surface area contributed by atoms with E-state index in [0.717, 1.165) is 23.8 Å². The van der Waals surface area contributed by atoms with Crippen LogP contribution in [-0.4, -0.2) is 145 Å². The lowest BCUT2D eigenvalue weighted by atomic mass is 9.82. The number of aliphatic hydroxyl groups excluding tert-OH is 1. The van der Waals surface area contributed by atoms with Crippen LogP contribution in [0.1, 0.15) is 57.3 Å². The average molecular weight is 937 g/mol. The van der Waals surface area contributed by atoms with Gasteiger partial charge in [-0.2, -0.15) is 0 Å². The lowest BCUT2D eigenvalue weighted by Gasteiger charge is -2.41. The molecule has 3 rings (SSSR count). The molecule has 0 aliphatic carbocycles. The van der Waals surface area contributed by atoms with Gasteiger partial charge in [-0.25, -0.2) is 38.4 Å². The van der Waals surface area contributed by atoms with Crippen molar-refractivity contribution >= 4 is 49.8 Å². The molecule has 0 aliphatic heterocycles. The summed E-state index contributed by atoms with van der Waals surface area (Å²) in [7, 11) is -1.83. The van der Waals surface area contributed by atoms with Gasteiger partial charge in [-0.1, -0.05) is 51.1 Å². The van der Waals surface area contributed by atoms with Crippen LogP contribution in [0.25, 0.3) is 11.1 Å². The molecule has 0 bridgehead atoms. The predicted molar refractivity (Wildman–Crippen MR) is 254 cm³/mol. The molecule has 0 radical (unpaired) electrons. The molecule has 14 nitrogen and oxygen atoms in total. The number of nitrogens with one attached hydrogen (secondary N) is 3. The van der Waals surface area contributed by atoms with Crippen LogP contribution in [0.2, 0.25) is 0 Å². The second-order valence-corrected chi connectivity index (χ2v) is 27.7. The minimum absolute atomic E-state index is 0.00262. The molecule has 0 fully saturated rings. The molecule has 4 amide bonds. The third-order valence-electron chi connectivity index (χ3n) is 10.1. The molecule has 64 heavy (non-hydrogen) atoms. The number of alkyl carbamates (subject to hydrolysis) is 1. The second-order valence-electron chi connectivity index (χ2n) is 18.6. The van der Waals surface area contributed by atoms with Crippen LogP contribution < -0.4 is 21.7 Å². The number of carbonyl (C=O) groups excluding carboxylic acids is 5. The SMILES string of the molecule is CC(C)(C)[C@H](c1cc(-c2cc(F)ccc2F)cn1Cc1ccccc1)N(CC[C@H](N)C(=O)NCCNC(=O)CC[C@H](NC(=O)OCCS(C)(C)C)C(=O)OCCS(C)(C)C)C(=O)CO. The summed E-state index contributed by atoms with van der Waals surface area (Å²) in [5, 5.41) is 18.1. The van der Waals surface area contributed by atoms with Crippen molar-refractivity contribution in [3.63, 3.8) is 0 Å². The number of hydrogen-bond acceptors (Lipinski definition) is 9. The van der Waals surface area contributed by atoms with Crippen molar-refractivity contribution in [1.29, 1.82) is 0 Å². The second kappa shape index (κ2) is 24.6. The highest BCUT2D eigenvalue weighted by Gasteiger charge is 2.37. The van der Waals surface area contributed by atoms with Crippen molar-refractivity contribution in [1.82, 2.24) is 25.4 Å². The monoisotopic (exact) mass is 936 g/mol. The van der Waals surface area contributed by atoms with Gasteiger partial charge in [-0.3, -0.25) is 14.4 Å². The minimum atomic E-state index is -1.10. The van der Waals surface area contributed by atoms with Crippen molar-refractivity contribution < 1.29 is 47.3 Å². The van der Waals surface area contributed by atoms with Gasteiger partial charge in [-0.05, 0) is 85.6 Å². The highest BCUT2D eigenvalue weighted by molar-refractivity contribution is 8.32. The van der Waals surface area contributed by atoms with Gasteiger partial charge < -0.3 is 45.7 Å². The number of nitrogens with two attached hydrogens (primary N) is 1. The number of halogens is 2. The summed E-state index contributed by atoms with van der Waals surface area (Å²) >= 11 is 0. The zero-order chi connectivity index (χ0) is 47.8. The molecule has 2 aromatic carbocycles. The summed E-state index contributed by atoms with van der Waals surface area (Å²) < 4.78 is 42.1. The predicted octanol–water partition coefficient (Wildman–Crippen LogP) is 5.15. The summed E-state index contributed by atoms with van der Waals surface area (Å²) in [5.41, 5.74) is 7.63. The Morgan fingerprint density at radius 3 is 2.09 bits per heavy atom. The Kier molecular flexibility index (Phi) is 20.6. The molecule has 0 unspecified atom stereocenters.